The van der Waals surface area contributed by atoms with Gasteiger partial charge in [-0.15, -0.1) is 0 Å². The lowest BCUT2D eigenvalue weighted by Crippen LogP contribution is -2.23. The van der Waals surface area contributed by atoms with Gasteiger partial charge in [-0.2, -0.15) is 0 Å². The van der Waals surface area contributed by atoms with Crippen LogP contribution in [0.4, 0.5) is 17.1 Å². The van der Waals surface area contributed by atoms with Crippen molar-refractivity contribution in [2.45, 2.75) is 136 Å². The maximum atomic E-state index is 2.36. The second-order valence-electron chi connectivity index (χ2n) is 18.0. The largest absolute Gasteiger partial charge is 0.311 e. The molecule has 0 aromatic heterocycles. The molecule has 332 valence electrons. The van der Waals surface area contributed by atoms with E-state index in [9.17, 15) is 0 Å². The normalized spacial score (nSPS) is 12.5. The molecule has 0 bridgehead atoms. The Morgan fingerprint density at radius 2 is 0.406 bits per heavy atom. The molecule has 1 nitrogen and oxygen atoms in total. The van der Waals surface area contributed by atoms with Crippen molar-refractivity contribution in [3.8, 4) is 0 Å². The van der Waals surface area contributed by atoms with Crippen LogP contribution in [-0.2, 0) is 16.2 Å². The van der Waals surface area contributed by atoms with Gasteiger partial charge in [-0.25, -0.2) is 0 Å². The maximum absolute atomic E-state index is 2.36. The minimum Gasteiger partial charge on any atom is -0.311 e. The summed E-state index contributed by atoms with van der Waals surface area (Å²) >= 11 is 0. The van der Waals surface area contributed by atoms with Crippen molar-refractivity contribution in [1.82, 2.24) is 0 Å². The Morgan fingerprint density at radius 3 is 0.562 bits per heavy atom. The molecular weight excluding hydrogens is 771 g/mol. The molecular formula is C63H75N. The number of hydrogen-bond donors (Lipinski definition) is 0. The molecule has 0 radical (unpaired) electrons. The first-order valence-corrected chi connectivity index (χ1v) is 24.6. The summed E-state index contributed by atoms with van der Waals surface area (Å²) in [5.41, 5.74) is 15.7. The molecule has 0 atom stereocenters. The molecule has 6 rings (SSSR count). The van der Waals surface area contributed by atoms with E-state index in [0.717, 1.165) is 17.1 Å². The highest BCUT2D eigenvalue weighted by Crippen LogP contribution is 2.39. The highest BCUT2D eigenvalue weighted by atomic mass is 15.1. The molecule has 1 heteroatoms. The van der Waals surface area contributed by atoms with Crippen molar-refractivity contribution >= 4 is 53.5 Å². The van der Waals surface area contributed by atoms with Gasteiger partial charge in [0.05, 0.1) is 0 Å². The Kier molecular flexibility index (Phi) is 16.7. The third-order valence-corrected chi connectivity index (χ3v) is 15.5. The molecule has 0 aliphatic rings. The van der Waals surface area contributed by atoms with E-state index in [1.807, 2.05) is 0 Å². The Balaban J connectivity index is 1.24. The number of benzene rings is 6. The van der Waals surface area contributed by atoms with Crippen molar-refractivity contribution in [2.24, 2.45) is 0 Å². The topological polar surface area (TPSA) is 3.24 Å². The molecule has 64 heavy (non-hydrogen) atoms. The molecule has 0 heterocycles. The van der Waals surface area contributed by atoms with Crippen molar-refractivity contribution in [3.05, 3.63) is 196 Å². The Morgan fingerprint density at radius 1 is 0.250 bits per heavy atom. The van der Waals surface area contributed by atoms with Crippen LogP contribution in [0.1, 0.15) is 170 Å². The fourth-order valence-electron chi connectivity index (χ4n) is 10.2. The van der Waals surface area contributed by atoms with Crippen molar-refractivity contribution in [2.75, 3.05) is 4.90 Å². The van der Waals surface area contributed by atoms with Crippen LogP contribution in [0, 0.1) is 0 Å². The summed E-state index contributed by atoms with van der Waals surface area (Å²) in [4.78, 5) is 2.36. The van der Waals surface area contributed by atoms with Crippen LogP contribution in [-0.4, -0.2) is 0 Å². The number of nitrogens with zero attached hydrogens (tertiary/aromatic N) is 1. The van der Waals surface area contributed by atoms with Crippen LogP contribution in [0.5, 0.6) is 0 Å². The van der Waals surface area contributed by atoms with Gasteiger partial charge in [0, 0.05) is 17.1 Å². The van der Waals surface area contributed by atoms with E-state index >= 15 is 0 Å². The molecule has 6 aromatic carbocycles. The zero-order valence-corrected chi connectivity index (χ0v) is 40.6. The Labute approximate surface area is 388 Å². The molecule has 6 aromatic rings. The van der Waals surface area contributed by atoms with Gasteiger partial charge in [0.25, 0.3) is 0 Å². The van der Waals surface area contributed by atoms with Crippen molar-refractivity contribution in [3.63, 3.8) is 0 Å². The Hall–Kier alpha value is -5.66. The zero-order chi connectivity index (χ0) is 45.6. The van der Waals surface area contributed by atoms with Crippen LogP contribution in [0.2, 0.25) is 0 Å². The quantitative estimate of drug-likeness (QED) is 0.0653. The van der Waals surface area contributed by atoms with Crippen LogP contribution in [0.3, 0.4) is 0 Å². The van der Waals surface area contributed by atoms with E-state index in [1.54, 1.807) is 0 Å². The van der Waals surface area contributed by atoms with Gasteiger partial charge in [-0.3, -0.25) is 0 Å². The molecule has 0 unspecified atom stereocenters. The zero-order valence-electron chi connectivity index (χ0n) is 40.6. The minimum atomic E-state index is 0.272. The van der Waals surface area contributed by atoms with E-state index in [4.69, 9.17) is 0 Å². The highest BCUT2D eigenvalue weighted by molar-refractivity contribution is 5.80. The predicted molar refractivity (Wildman–Crippen MR) is 285 cm³/mol. The summed E-state index contributed by atoms with van der Waals surface area (Å²) in [6.45, 7) is 20.9. The summed E-state index contributed by atoms with van der Waals surface area (Å²) in [5, 5.41) is 0. The van der Waals surface area contributed by atoms with Crippen molar-refractivity contribution < 1.29 is 0 Å². The molecule has 0 spiro atoms. The van der Waals surface area contributed by atoms with Crippen LogP contribution in [0.25, 0.3) is 36.5 Å². The highest BCUT2D eigenvalue weighted by Gasteiger charge is 2.27. The molecule has 0 aliphatic carbocycles. The Bertz CT molecular complexity index is 2090. The van der Waals surface area contributed by atoms with E-state index in [-0.39, 0.29) is 16.2 Å². The van der Waals surface area contributed by atoms with Crippen LogP contribution >= 0.6 is 0 Å². The van der Waals surface area contributed by atoms with Gasteiger partial charge in [0.1, 0.15) is 0 Å². The average molecular weight is 846 g/mol. The lowest BCUT2D eigenvalue weighted by molar-refractivity contribution is 0.381. The van der Waals surface area contributed by atoms with E-state index < -0.39 is 0 Å². The van der Waals surface area contributed by atoms with E-state index in [1.165, 1.54) is 108 Å². The fourth-order valence-corrected chi connectivity index (χ4v) is 10.2. The smallest absolute Gasteiger partial charge is 0.0462 e. The molecule has 0 saturated carbocycles. The van der Waals surface area contributed by atoms with Gasteiger partial charge in [-0.05, 0) is 161 Å². The second kappa shape index (κ2) is 22.3. The molecule has 0 N–H and O–H groups in total. The maximum Gasteiger partial charge on any atom is 0.0462 e. The molecule has 0 saturated heterocycles. The first-order chi connectivity index (χ1) is 31.2. The summed E-state index contributed by atoms with van der Waals surface area (Å²) in [7, 11) is 0. The molecule has 0 amide bonds. The minimum absolute atomic E-state index is 0.272. The first-order valence-electron chi connectivity index (χ1n) is 24.6. The lowest BCUT2D eigenvalue weighted by atomic mass is 9.74. The standard InChI is InChI=1S/C63H75N/c1-10-61(11-2,12-3)55-37-25-49(26-38-55)19-22-52-31-43-58(44-32-52)64(59-45-33-53(34-46-59)23-20-50-27-39-56(40-28-50)62(13-4,14-5)15-6)60-47-35-54(36-48-60)24-21-51-29-41-57(42-30-51)63(16-7,17-8)18-9/h19-48H,10-18H2,1-9H3. The predicted octanol–water partition coefficient (Wildman–Crippen LogP) is 19.1. The van der Waals surface area contributed by atoms with Gasteiger partial charge < -0.3 is 4.90 Å². The first kappa shape index (κ1) is 47.8. The molecule has 0 aliphatic heterocycles. The SMILES string of the molecule is CCC(CC)(CC)c1ccc(C=Cc2ccc(N(c3ccc(C=Cc4ccc(C(CC)(CC)CC)cc4)cc3)c3ccc(C=Cc4ccc(C(CC)(CC)CC)cc4)cc3)cc2)cc1. The van der Waals surface area contributed by atoms with Crippen LogP contribution in [0.15, 0.2) is 146 Å². The van der Waals surface area contributed by atoms with Crippen molar-refractivity contribution in [1.29, 1.82) is 0 Å². The van der Waals surface area contributed by atoms with Crippen LogP contribution < -0.4 is 4.90 Å². The monoisotopic (exact) mass is 846 g/mol. The van der Waals surface area contributed by atoms with Gasteiger partial charge in [-0.1, -0.05) is 208 Å². The summed E-state index contributed by atoms with van der Waals surface area (Å²) in [6.07, 6.45) is 23.9. The van der Waals surface area contributed by atoms with Gasteiger partial charge in [0.2, 0.25) is 0 Å². The fraction of sp³-hybridized carbons (Fsp3) is 0.333. The van der Waals surface area contributed by atoms with E-state index in [2.05, 4.69) is 249 Å². The third-order valence-electron chi connectivity index (χ3n) is 15.5. The second-order valence-corrected chi connectivity index (χ2v) is 18.0. The summed E-state index contributed by atoms with van der Waals surface area (Å²) in [5.74, 6) is 0. The number of rotatable bonds is 21. The average Bonchev–Trinajstić information content (AvgIpc) is 3.36. The van der Waals surface area contributed by atoms with E-state index in [0.29, 0.717) is 0 Å². The summed E-state index contributed by atoms with van der Waals surface area (Å²) in [6, 6.07) is 54.4. The summed E-state index contributed by atoms with van der Waals surface area (Å²) < 4.78 is 0. The third kappa shape index (κ3) is 10.8. The van der Waals surface area contributed by atoms with Gasteiger partial charge in [0.15, 0.2) is 0 Å². The number of hydrogen-bond acceptors (Lipinski definition) is 1. The lowest BCUT2D eigenvalue weighted by Gasteiger charge is -2.31. The van der Waals surface area contributed by atoms with Gasteiger partial charge >= 0.3 is 0 Å². The number of anilines is 3. The molecule has 0 fully saturated rings.